The van der Waals surface area contributed by atoms with E-state index in [2.05, 4.69) is 4.98 Å². The van der Waals surface area contributed by atoms with Gasteiger partial charge in [-0.05, 0) is 36.6 Å². The van der Waals surface area contributed by atoms with Crippen LogP contribution in [0.5, 0.6) is 0 Å². The molecular formula is C33H18Cl8N2O7S. The smallest absolute Gasteiger partial charge is 0.274 e. The number of hydrogen-bond acceptors (Lipinski definition) is 7. The number of benzene rings is 3. The molecule has 7 rings (SSSR count). The zero-order valence-electron chi connectivity index (χ0n) is 25.3. The van der Waals surface area contributed by atoms with E-state index in [4.69, 9.17) is 92.8 Å². The highest BCUT2D eigenvalue weighted by atomic mass is 35.5. The lowest BCUT2D eigenvalue weighted by molar-refractivity contribution is 0.0925. The number of carbonyl (C=O) groups is 3. The molecular weight excluding hydrogens is 852 g/mol. The number of aromatic nitrogens is 1. The van der Waals surface area contributed by atoms with Crippen LogP contribution in [0.2, 0.25) is 40.2 Å². The molecule has 1 fully saturated rings. The van der Waals surface area contributed by atoms with Crippen LogP contribution < -0.4 is 4.90 Å². The maximum absolute atomic E-state index is 14.1. The number of anilines is 1. The minimum atomic E-state index is -4.78. The van der Waals surface area contributed by atoms with Crippen LogP contribution in [0.15, 0.2) is 24.3 Å². The molecule has 1 saturated carbocycles. The highest BCUT2D eigenvalue weighted by molar-refractivity contribution is 7.86. The molecule has 0 saturated heterocycles. The number of fused-ring (bicyclic) bond motifs is 3. The number of Topliss-reactive ketones (excluding diaryl/α,β-unsaturated/α-hetero) is 1. The van der Waals surface area contributed by atoms with Crippen molar-refractivity contribution < 1.29 is 32.5 Å². The Morgan fingerprint density at radius 2 is 1.16 bits per heavy atom. The van der Waals surface area contributed by atoms with Gasteiger partial charge in [0.05, 0.1) is 84.9 Å². The van der Waals surface area contributed by atoms with E-state index < -0.39 is 38.2 Å². The summed E-state index contributed by atoms with van der Waals surface area (Å²) in [4.78, 5) is 47.4. The molecule has 1 aliphatic heterocycles. The third-order valence-electron chi connectivity index (χ3n) is 9.50. The fraction of sp³-hybridized carbons (Fsp3) is 0.212. The monoisotopic (exact) mass is 866 g/mol. The van der Waals surface area contributed by atoms with Crippen molar-refractivity contribution in [3.63, 3.8) is 0 Å². The number of aliphatic hydroxyl groups excluding tert-OH is 1. The van der Waals surface area contributed by atoms with E-state index in [1.807, 2.05) is 0 Å². The maximum Gasteiger partial charge on any atom is 0.274 e. The minimum Gasteiger partial charge on any atom is -0.506 e. The molecule has 2 heterocycles. The van der Waals surface area contributed by atoms with Gasteiger partial charge in [0.25, 0.3) is 21.9 Å². The zero-order chi connectivity index (χ0) is 37.1. The third kappa shape index (κ3) is 5.32. The van der Waals surface area contributed by atoms with Crippen molar-refractivity contribution >= 4 is 148 Å². The Hall–Kier alpha value is -2.35. The number of rotatable bonds is 4. The van der Waals surface area contributed by atoms with E-state index in [9.17, 15) is 32.5 Å². The van der Waals surface area contributed by atoms with Crippen molar-refractivity contribution in [2.75, 3.05) is 4.90 Å². The highest BCUT2D eigenvalue weighted by Gasteiger charge is 2.48. The molecule has 3 aromatic carbocycles. The number of hydrogen-bond donors (Lipinski definition) is 2. The normalized spacial score (nSPS) is 17.4. The average molecular weight is 870 g/mol. The summed E-state index contributed by atoms with van der Waals surface area (Å²) in [7, 11) is -4.78. The van der Waals surface area contributed by atoms with Crippen molar-refractivity contribution in [2.45, 2.75) is 43.3 Å². The van der Waals surface area contributed by atoms with E-state index in [1.54, 1.807) is 0 Å². The molecule has 0 atom stereocenters. The second-order valence-electron chi connectivity index (χ2n) is 12.2. The lowest BCUT2D eigenvalue weighted by atomic mass is 9.88. The fourth-order valence-electron chi connectivity index (χ4n) is 7.01. The van der Waals surface area contributed by atoms with E-state index in [-0.39, 0.29) is 109 Å². The van der Waals surface area contributed by atoms with Crippen LogP contribution in [0.1, 0.15) is 86.4 Å². The molecule has 264 valence electrons. The number of amides is 2. The van der Waals surface area contributed by atoms with Gasteiger partial charge < -0.3 is 5.11 Å². The quantitative estimate of drug-likeness (QED) is 0.0679. The lowest BCUT2D eigenvalue weighted by Crippen LogP contribution is -2.36. The summed E-state index contributed by atoms with van der Waals surface area (Å²) in [5.74, 6) is -3.38. The summed E-state index contributed by atoms with van der Waals surface area (Å²) in [5, 5.41) is 9.41. The number of aliphatic hydroxyl groups is 1. The van der Waals surface area contributed by atoms with E-state index in [1.165, 1.54) is 24.3 Å². The molecule has 2 amide bonds. The summed E-state index contributed by atoms with van der Waals surface area (Å²) in [6.45, 7) is 0. The van der Waals surface area contributed by atoms with Crippen LogP contribution >= 0.6 is 92.8 Å². The van der Waals surface area contributed by atoms with Gasteiger partial charge in [0.2, 0.25) is 5.78 Å². The van der Waals surface area contributed by atoms with Crippen LogP contribution in [0.3, 0.4) is 0 Å². The molecule has 9 nitrogen and oxygen atoms in total. The van der Waals surface area contributed by atoms with Crippen molar-refractivity contribution in [1.82, 2.24) is 4.98 Å². The lowest BCUT2D eigenvalue weighted by Gasteiger charge is -2.31. The van der Waals surface area contributed by atoms with Crippen LogP contribution in [-0.2, 0) is 14.9 Å². The second kappa shape index (κ2) is 12.9. The first-order valence-corrected chi connectivity index (χ1v) is 19.4. The molecule has 0 unspecified atom stereocenters. The first-order chi connectivity index (χ1) is 23.9. The van der Waals surface area contributed by atoms with Gasteiger partial charge in [-0.3, -0.25) is 18.9 Å². The SMILES string of the molecule is O=C1C(c2ccc3cc(C4(S(=O)(=O)O)CCCCCC4)cc(N4C(=O)c5c(Cl)c(Cl)c(Cl)c(Cl)c5C4=O)c3n2)=C(O)c2c(Cl)c(Cl)c(Cl)c(Cl)c21. The molecule has 4 aromatic rings. The summed E-state index contributed by atoms with van der Waals surface area (Å²) in [6, 6.07) is 5.56. The van der Waals surface area contributed by atoms with Gasteiger partial charge in [0.1, 0.15) is 10.5 Å². The molecule has 0 radical (unpaired) electrons. The number of carbonyl (C=O) groups excluding carboxylic acids is 3. The van der Waals surface area contributed by atoms with Gasteiger partial charge in [0, 0.05) is 5.39 Å². The first kappa shape index (κ1) is 37.0. The predicted molar refractivity (Wildman–Crippen MR) is 201 cm³/mol. The number of halogens is 8. The van der Waals surface area contributed by atoms with Crippen LogP contribution in [0.4, 0.5) is 5.69 Å². The Morgan fingerprint density at radius 1 is 0.667 bits per heavy atom. The first-order valence-electron chi connectivity index (χ1n) is 15.0. The van der Waals surface area contributed by atoms with Crippen LogP contribution in [0.25, 0.3) is 22.2 Å². The van der Waals surface area contributed by atoms with E-state index in [0.717, 1.165) is 12.8 Å². The Bertz CT molecular complexity index is 2430. The van der Waals surface area contributed by atoms with Crippen molar-refractivity contribution in [2.24, 2.45) is 0 Å². The van der Waals surface area contributed by atoms with E-state index in [0.29, 0.717) is 17.7 Å². The van der Waals surface area contributed by atoms with Gasteiger partial charge in [-0.1, -0.05) is 125 Å². The van der Waals surface area contributed by atoms with Gasteiger partial charge in [0.15, 0.2) is 0 Å². The van der Waals surface area contributed by atoms with E-state index >= 15 is 0 Å². The van der Waals surface area contributed by atoms with Gasteiger partial charge >= 0.3 is 0 Å². The van der Waals surface area contributed by atoms with Crippen molar-refractivity contribution in [1.29, 1.82) is 0 Å². The molecule has 0 bridgehead atoms. The topological polar surface area (TPSA) is 142 Å². The fourth-order valence-corrected chi connectivity index (χ4v) is 10.3. The van der Waals surface area contributed by atoms with Crippen LogP contribution in [0, 0.1) is 0 Å². The Labute approximate surface area is 329 Å². The molecule has 51 heavy (non-hydrogen) atoms. The molecule has 1 aromatic heterocycles. The number of allylic oxidation sites excluding steroid dienone is 1. The van der Waals surface area contributed by atoms with Crippen molar-refractivity contribution in [3.05, 3.63) is 98.0 Å². The number of ketones is 1. The van der Waals surface area contributed by atoms with Gasteiger partial charge in [-0.15, -0.1) is 0 Å². The molecule has 0 spiro atoms. The predicted octanol–water partition coefficient (Wildman–Crippen LogP) is 11.3. The molecule has 18 heteroatoms. The number of pyridine rings is 1. The van der Waals surface area contributed by atoms with Gasteiger partial charge in [-0.25, -0.2) is 9.88 Å². The average Bonchev–Trinajstić information content (AvgIpc) is 3.34. The van der Waals surface area contributed by atoms with Crippen molar-refractivity contribution in [3.8, 4) is 0 Å². The summed E-state index contributed by atoms with van der Waals surface area (Å²) in [6.07, 6.45) is 2.47. The summed E-state index contributed by atoms with van der Waals surface area (Å²) < 4.78 is 35.4. The molecule has 2 N–H and O–H groups in total. The minimum absolute atomic E-state index is 0.0490. The zero-order valence-corrected chi connectivity index (χ0v) is 32.2. The molecule has 2 aliphatic carbocycles. The summed E-state index contributed by atoms with van der Waals surface area (Å²) in [5.41, 5.74) is -1.84. The molecule has 3 aliphatic rings. The largest absolute Gasteiger partial charge is 0.506 e. The van der Waals surface area contributed by atoms with Crippen LogP contribution in [-0.4, -0.2) is 40.7 Å². The maximum atomic E-state index is 14.1. The Balaban J connectivity index is 1.52. The second-order valence-corrected chi connectivity index (χ2v) is 16.9. The Morgan fingerprint density at radius 3 is 1.67 bits per heavy atom. The standard InChI is InChI=1S/C33H18Cl8N2O7S/c34-20-16-17(21(35)25(39)24(20)38)30(45)15(29(16)44)13-6-5-11-9-12(33(51(48,49)50)7-3-1-2-4-8-33)10-14(28(11)42-13)43-31(46)18-19(32(43)47)23(37)27(41)26(40)22(18)36/h5-6,9-10,44H,1-4,7-8H2,(H,48,49,50). The Kier molecular flexibility index (Phi) is 9.36. The third-order valence-corrected chi connectivity index (χ3v) is 14.7. The van der Waals surface area contributed by atoms with Gasteiger partial charge in [-0.2, -0.15) is 8.42 Å². The summed E-state index contributed by atoms with van der Waals surface area (Å²) >= 11 is 50.5. The number of nitrogens with zero attached hydrogens (tertiary/aromatic N) is 2. The number of imide groups is 1. The highest BCUT2D eigenvalue weighted by Crippen LogP contribution is 2.52.